The Morgan fingerprint density at radius 1 is 1.08 bits per heavy atom. The molecular formula is C18H16N4OS. The number of hydrogen-bond donors (Lipinski definition) is 0. The summed E-state index contributed by atoms with van der Waals surface area (Å²) in [7, 11) is 1.74. The Hall–Kier alpha value is -2.60. The topological polar surface area (TPSA) is 52.7 Å². The lowest BCUT2D eigenvalue weighted by atomic mass is 10.2. The number of rotatable bonds is 3. The molecule has 0 radical (unpaired) electrons. The number of benzene rings is 1. The molecule has 0 atom stereocenters. The molecule has 120 valence electrons. The predicted octanol–water partition coefficient (Wildman–Crippen LogP) is 3.05. The Morgan fingerprint density at radius 3 is 2.62 bits per heavy atom. The summed E-state index contributed by atoms with van der Waals surface area (Å²) < 4.78 is 3.68. The third-order valence-electron chi connectivity index (χ3n) is 4.22. The molecule has 0 saturated carbocycles. The van der Waals surface area contributed by atoms with Gasteiger partial charge in [-0.25, -0.2) is 9.97 Å². The van der Waals surface area contributed by atoms with Gasteiger partial charge in [-0.1, -0.05) is 12.1 Å². The molecular weight excluding hydrogens is 320 g/mol. The Bertz CT molecular complexity index is 1100. The van der Waals surface area contributed by atoms with Crippen molar-refractivity contribution in [3.8, 4) is 0 Å². The summed E-state index contributed by atoms with van der Waals surface area (Å²) in [4.78, 5) is 21.9. The Morgan fingerprint density at radius 2 is 1.88 bits per heavy atom. The number of aryl methyl sites for hydroxylation is 1. The molecule has 0 saturated heterocycles. The van der Waals surface area contributed by atoms with Gasteiger partial charge in [-0.15, -0.1) is 11.8 Å². The van der Waals surface area contributed by atoms with E-state index in [0.29, 0.717) is 5.65 Å². The minimum absolute atomic E-state index is 0.0620. The normalized spacial score (nSPS) is 11.4. The van der Waals surface area contributed by atoms with Crippen molar-refractivity contribution in [2.24, 2.45) is 7.05 Å². The van der Waals surface area contributed by atoms with Crippen LogP contribution in [0.5, 0.6) is 0 Å². The van der Waals surface area contributed by atoms with Gasteiger partial charge in [0.15, 0.2) is 0 Å². The summed E-state index contributed by atoms with van der Waals surface area (Å²) in [5.41, 5.74) is 3.66. The zero-order valence-electron chi connectivity index (χ0n) is 13.4. The number of fused-ring (bicyclic) bond motifs is 3. The fourth-order valence-electron chi connectivity index (χ4n) is 2.92. The van der Waals surface area contributed by atoms with Gasteiger partial charge in [0, 0.05) is 29.9 Å². The van der Waals surface area contributed by atoms with Crippen LogP contribution in [0.4, 0.5) is 0 Å². The zero-order chi connectivity index (χ0) is 16.7. The van der Waals surface area contributed by atoms with Crippen molar-refractivity contribution in [1.29, 1.82) is 0 Å². The lowest BCUT2D eigenvalue weighted by Crippen LogP contribution is -2.16. The molecule has 0 fully saturated rings. The minimum atomic E-state index is -0.0620. The molecule has 0 amide bonds. The van der Waals surface area contributed by atoms with Crippen molar-refractivity contribution in [3.63, 3.8) is 0 Å². The maximum atomic E-state index is 11.8. The molecule has 0 aliphatic carbocycles. The Kier molecular flexibility index (Phi) is 3.61. The number of pyridine rings is 2. The van der Waals surface area contributed by atoms with Gasteiger partial charge < -0.3 is 4.57 Å². The Balaban J connectivity index is 1.87. The molecule has 5 nitrogen and oxygen atoms in total. The van der Waals surface area contributed by atoms with Crippen LogP contribution in [0.15, 0.2) is 58.6 Å². The highest BCUT2D eigenvalue weighted by Gasteiger charge is 2.11. The first kappa shape index (κ1) is 15.0. The summed E-state index contributed by atoms with van der Waals surface area (Å²) in [6, 6.07) is 11.9. The highest BCUT2D eigenvalue weighted by molar-refractivity contribution is 7.98. The van der Waals surface area contributed by atoms with E-state index >= 15 is 0 Å². The molecule has 3 heterocycles. The molecule has 0 N–H and O–H groups in total. The second-order valence-electron chi connectivity index (χ2n) is 5.68. The minimum Gasteiger partial charge on any atom is -0.325 e. The van der Waals surface area contributed by atoms with Crippen LogP contribution in [0, 0.1) is 0 Å². The van der Waals surface area contributed by atoms with E-state index in [0.717, 1.165) is 23.0 Å². The van der Waals surface area contributed by atoms with E-state index in [1.807, 2.05) is 12.4 Å². The molecule has 0 aliphatic rings. The average Bonchev–Trinajstić information content (AvgIpc) is 3.02. The van der Waals surface area contributed by atoms with E-state index in [1.165, 1.54) is 10.5 Å². The first-order valence-electron chi connectivity index (χ1n) is 7.60. The van der Waals surface area contributed by atoms with Crippen LogP contribution in [-0.2, 0) is 13.6 Å². The smallest absolute Gasteiger partial charge is 0.251 e. The molecule has 0 spiro atoms. The molecule has 0 aliphatic heterocycles. The van der Waals surface area contributed by atoms with Crippen molar-refractivity contribution >= 4 is 33.8 Å². The van der Waals surface area contributed by atoms with Gasteiger partial charge in [0.25, 0.3) is 5.56 Å². The quantitative estimate of drug-likeness (QED) is 0.540. The van der Waals surface area contributed by atoms with Crippen LogP contribution >= 0.6 is 11.8 Å². The molecule has 1 aromatic carbocycles. The maximum Gasteiger partial charge on any atom is 0.251 e. The summed E-state index contributed by atoms with van der Waals surface area (Å²) in [5, 5.41) is 0.938. The molecule has 4 rings (SSSR count). The van der Waals surface area contributed by atoms with Gasteiger partial charge >= 0.3 is 0 Å². The van der Waals surface area contributed by atoms with Gasteiger partial charge in [0.2, 0.25) is 0 Å². The number of hydrogen-bond acceptors (Lipinski definition) is 4. The highest BCUT2D eigenvalue weighted by atomic mass is 32.2. The van der Waals surface area contributed by atoms with Gasteiger partial charge in [0.1, 0.15) is 11.2 Å². The van der Waals surface area contributed by atoms with Gasteiger partial charge in [-0.2, -0.15) is 0 Å². The van der Waals surface area contributed by atoms with E-state index in [1.54, 1.807) is 35.6 Å². The second-order valence-corrected chi connectivity index (χ2v) is 6.56. The van der Waals surface area contributed by atoms with Crippen LogP contribution in [0.2, 0.25) is 0 Å². The molecule has 4 aromatic rings. The summed E-state index contributed by atoms with van der Waals surface area (Å²) >= 11 is 1.73. The standard InChI is InChI=1S/C18H16N4OS/c1-21-16(23)8-7-14-17-15(9-19-18(14)21)20-11-22(17)10-12-3-5-13(24-2)6-4-12/h3-9,11H,10H2,1-2H3. The average molecular weight is 336 g/mol. The van der Waals surface area contributed by atoms with Crippen LogP contribution < -0.4 is 5.56 Å². The third-order valence-corrected chi connectivity index (χ3v) is 4.97. The molecule has 24 heavy (non-hydrogen) atoms. The second kappa shape index (κ2) is 5.79. The van der Waals surface area contributed by atoms with Gasteiger partial charge in [-0.05, 0) is 30.0 Å². The van der Waals surface area contributed by atoms with Crippen LogP contribution in [0.1, 0.15) is 5.56 Å². The van der Waals surface area contributed by atoms with Crippen molar-refractivity contribution in [3.05, 3.63) is 64.8 Å². The Labute approximate surface area is 143 Å². The van der Waals surface area contributed by atoms with Crippen molar-refractivity contribution in [2.75, 3.05) is 6.26 Å². The lowest BCUT2D eigenvalue weighted by Gasteiger charge is -2.09. The van der Waals surface area contributed by atoms with Crippen LogP contribution in [-0.4, -0.2) is 25.4 Å². The number of nitrogens with zero attached hydrogens (tertiary/aromatic N) is 4. The fourth-order valence-corrected chi connectivity index (χ4v) is 3.33. The predicted molar refractivity (Wildman–Crippen MR) is 97.6 cm³/mol. The summed E-state index contributed by atoms with van der Waals surface area (Å²) in [5.74, 6) is 0. The summed E-state index contributed by atoms with van der Waals surface area (Å²) in [6.07, 6.45) is 5.63. The van der Waals surface area contributed by atoms with E-state index < -0.39 is 0 Å². The fraction of sp³-hybridized carbons (Fsp3) is 0.167. The first-order valence-corrected chi connectivity index (χ1v) is 8.82. The summed E-state index contributed by atoms with van der Waals surface area (Å²) in [6.45, 7) is 0.729. The monoisotopic (exact) mass is 336 g/mol. The van der Waals surface area contributed by atoms with Crippen molar-refractivity contribution in [1.82, 2.24) is 19.1 Å². The zero-order valence-corrected chi connectivity index (χ0v) is 14.2. The third kappa shape index (κ3) is 2.39. The van der Waals surface area contributed by atoms with Crippen molar-refractivity contribution < 1.29 is 0 Å². The van der Waals surface area contributed by atoms with Gasteiger partial charge in [0.05, 0.1) is 18.0 Å². The largest absolute Gasteiger partial charge is 0.325 e. The molecule has 3 aromatic heterocycles. The number of thioether (sulfide) groups is 1. The molecule has 0 bridgehead atoms. The van der Waals surface area contributed by atoms with E-state index in [9.17, 15) is 4.79 Å². The first-order chi connectivity index (χ1) is 11.7. The molecule has 6 heteroatoms. The van der Waals surface area contributed by atoms with Gasteiger partial charge in [-0.3, -0.25) is 9.36 Å². The van der Waals surface area contributed by atoms with E-state index in [4.69, 9.17) is 0 Å². The molecule has 0 unspecified atom stereocenters. The number of imidazole rings is 1. The van der Waals surface area contributed by atoms with E-state index in [2.05, 4.69) is 45.1 Å². The number of aromatic nitrogens is 4. The van der Waals surface area contributed by atoms with Crippen LogP contribution in [0.25, 0.3) is 22.1 Å². The lowest BCUT2D eigenvalue weighted by molar-refractivity contribution is 0.824. The van der Waals surface area contributed by atoms with E-state index in [-0.39, 0.29) is 5.56 Å². The highest BCUT2D eigenvalue weighted by Crippen LogP contribution is 2.23. The van der Waals surface area contributed by atoms with Crippen LogP contribution in [0.3, 0.4) is 0 Å². The SMILES string of the molecule is CSc1ccc(Cn2cnc3cnc4c(ccc(=O)n4C)c32)cc1. The van der Waals surface area contributed by atoms with Crippen molar-refractivity contribution in [2.45, 2.75) is 11.4 Å². The maximum absolute atomic E-state index is 11.8.